The van der Waals surface area contributed by atoms with Crippen LogP contribution in [0.25, 0.3) is 0 Å². The van der Waals surface area contributed by atoms with Crippen LogP contribution in [0.5, 0.6) is 0 Å². The van der Waals surface area contributed by atoms with Crippen molar-refractivity contribution in [3.63, 3.8) is 0 Å². The lowest BCUT2D eigenvalue weighted by Crippen LogP contribution is -2.45. The monoisotopic (exact) mass is 216 g/mol. The average Bonchev–Trinajstić information content (AvgIpc) is 1.83. The highest BCUT2D eigenvalue weighted by Crippen LogP contribution is 2.23. The summed E-state index contributed by atoms with van der Waals surface area (Å²) in [6.45, 7) is 17.5. The second kappa shape index (κ2) is 4.57. The minimum absolute atomic E-state index is 1.24. The zero-order chi connectivity index (χ0) is 10.7. The maximum absolute atomic E-state index is 6.31. The Morgan fingerprint density at radius 1 is 1.23 bits per heavy atom. The molecule has 0 aromatic carbocycles. The number of hydrogen-bond acceptors (Lipinski definition) is 1. The summed E-state index contributed by atoms with van der Waals surface area (Å²) in [7, 11) is -2.99. The van der Waals surface area contributed by atoms with Gasteiger partial charge in [-0.25, -0.2) is 0 Å². The fourth-order valence-corrected chi connectivity index (χ4v) is 9.27. The molecule has 3 heteroatoms. The minimum Gasteiger partial charge on any atom is -0.452 e. The van der Waals surface area contributed by atoms with E-state index in [0.29, 0.717) is 0 Å². The summed E-state index contributed by atoms with van der Waals surface area (Å²) < 4.78 is 6.31. The third kappa shape index (κ3) is 4.79. The van der Waals surface area contributed by atoms with Crippen LogP contribution >= 0.6 is 0 Å². The van der Waals surface area contributed by atoms with Gasteiger partial charge in [-0.15, -0.1) is 6.58 Å². The second-order valence-electron chi connectivity index (χ2n) is 4.90. The maximum Gasteiger partial charge on any atom is 0.200 e. The van der Waals surface area contributed by atoms with Gasteiger partial charge in [0, 0.05) is 0 Å². The summed E-state index contributed by atoms with van der Waals surface area (Å²) in [5.41, 5.74) is 0. The molecule has 0 rings (SSSR count). The van der Waals surface area contributed by atoms with Gasteiger partial charge in [0.25, 0.3) is 0 Å². The molecule has 0 unspecified atom stereocenters. The van der Waals surface area contributed by atoms with Crippen molar-refractivity contribution < 1.29 is 4.12 Å². The lowest BCUT2D eigenvalue weighted by Gasteiger charge is -2.34. The smallest absolute Gasteiger partial charge is 0.200 e. The fourth-order valence-electron chi connectivity index (χ4n) is 1.43. The van der Waals surface area contributed by atoms with Gasteiger partial charge < -0.3 is 4.12 Å². The first-order chi connectivity index (χ1) is 5.71. The average molecular weight is 216 g/mol. The van der Waals surface area contributed by atoms with Crippen LogP contribution in [0.3, 0.4) is 0 Å². The van der Waals surface area contributed by atoms with Crippen LogP contribution in [0, 0.1) is 0 Å². The standard InChI is InChI=1S/C10H24OSi2/c1-8-9-12(4,5)11-13(6,7)10(2)3/h2,8-9H2,1,3-7H3. The molecule has 0 aliphatic rings. The van der Waals surface area contributed by atoms with Gasteiger partial charge in [0.1, 0.15) is 0 Å². The Morgan fingerprint density at radius 3 is 2.00 bits per heavy atom. The van der Waals surface area contributed by atoms with Crippen molar-refractivity contribution in [2.45, 2.75) is 52.5 Å². The molecule has 0 amide bonds. The van der Waals surface area contributed by atoms with E-state index >= 15 is 0 Å². The molecule has 0 spiro atoms. The predicted octanol–water partition coefficient (Wildman–Crippen LogP) is 3.94. The van der Waals surface area contributed by atoms with Crippen molar-refractivity contribution in [2.75, 3.05) is 0 Å². The van der Waals surface area contributed by atoms with Crippen LogP contribution in [-0.2, 0) is 4.12 Å². The van der Waals surface area contributed by atoms with Crippen LogP contribution in [-0.4, -0.2) is 16.6 Å². The first-order valence-electron chi connectivity index (χ1n) is 5.07. The summed E-state index contributed by atoms with van der Waals surface area (Å²) in [6.07, 6.45) is 1.24. The highest BCUT2D eigenvalue weighted by Gasteiger charge is 2.32. The molecule has 0 aromatic heterocycles. The third-order valence-corrected chi connectivity index (χ3v) is 10.4. The van der Waals surface area contributed by atoms with Gasteiger partial charge in [-0.05, 0) is 39.2 Å². The van der Waals surface area contributed by atoms with E-state index in [-0.39, 0.29) is 0 Å². The van der Waals surface area contributed by atoms with Crippen molar-refractivity contribution in [1.29, 1.82) is 0 Å². The zero-order valence-corrected chi connectivity index (χ0v) is 12.0. The van der Waals surface area contributed by atoms with E-state index in [2.05, 4.69) is 46.6 Å². The lowest BCUT2D eigenvalue weighted by atomic mass is 10.6. The molecule has 0 N–H and O–H groups in total. The molecule has 0 saturated carbocycles. The molecule has 0 bridgehead atoms. The van der Waals surface area contributed by atoms with E-state index in [9.17, 15) is 0 Å². The summed E-state index contributed by atoms with van der Waals surface area (Å²) in [5.74, 6) is 0. The molecular weight excluding hydrogens is 192 g/mol. The van der Waals surface area contributed by atoms with E-state index in [1.807, 2.05) is 0 Å². The SMILES string of the molecule is C=C(C)[Si](C)(C)O[Si](C)(C)CCC. The Labute approximate surface area is 85.5 Å². The molecular formula is C10H24OSi2. The zero-order valence-electron chi connectivity index (χ0n) is 10.0. The lowest BCUT2D eigenvalue weighted by molar-refractivity contribution is 0.547. The summed E-state index contributed by atoms with van der Waals surface area (Å²) in [5, 5.41) is 1.25. The Morgan fingerprint density at radius 2 is 1.69 bits per heavy atom. The fraction of sp³-hybridized carbons (Fsp3) is 0.800. The van der Waals surface area contributed by atoms with Gasteiger partial charge in [-0.3, -0.25) is 0 Å². The minimum atomic E-state index is -1.59. The molecule has 0 fully saturated rings. The van der Waals surface area contributed by atoms with E-state index < -0.39 is 16.6 Å². The van der Waals surface area contributed by atoms with E-state index in [4.69, 9.17) is 4.12 Å². The van der Waals surface area contributed by atoms with Gasteiger partial charge in [0.05, 0.1) is 0 Å². The summed E-state index contributed by atoms with van der Waals surface area (Å²) >= 11 is 0. The van der Waals surface area contributed by atoms with Crippen molar-refractivity contribution in [1.82, 2.24) is 0 Å². The van der Waals surface area contributed by atoms with Crippen molar-refractivity contribution >= 4 is 16.6 Å². The molecule has 0 saturated heterocycles. The van der Waals surface area contributed by atoms with Crippen LogP contribution in [0.1, 0.15) is 20.3 Å². The van der Waals surface area contributed by atoms with Crippen LogP contribution in [0.2, 0.25) is 32.2 Å². The highest BCUT2D eigenvalue weighted by atomic mass is 28.4. The van der Waals surface area contributed by atoms with Crippen LogP contribution in [0.15, 0.2) is 11.8 Å². The molecule has 0 aliphatic heterocycles. The van der Waals surface area contributed by atoms with Crippen molar-refractivity contribution in [3.05, 3.63) is 11.8 Å². The molecule has 0 atom stereocenters. The van der Waals surface area contributed by atoms with Gasteiger partial charge >= 0.3 is 0 Å². The van der Waals surface area contributed by atoms with Gasteiger partial charge in [0.2, 0.25) is 8.32 Å². The summed E-state index contributed by atoms with van der Waals surface area (Å²) in [4.78, 5) is 0. The van der Waals surface area contributed by atoms with Gasteiger partial charge in [-0.2, -0.15) is 0 Å². The van der Waals surface area contributed by atoms with Crippen molar-refractivity contribution in [3.8, 4) is 0 Å². The number of hydrogen-bond donors (Lipinski definition) is 0. The molecule has 0 aromatic rings. The predicted molar refractivity (Wildman–Crippen MR) is 66.0 cm³/mol. The molecule has 0 aliphatic carbocycles. The first kappa shape index (κ1) is 13.1. The number of rotatable bonds is 5. The second-order valence-corrected chi connectivity index (χ2v) is 13.6. The summed E-state index contributed by atoms with van der Waals surface area (Å²) in [6, 6.07) is 1.26. The first-order valence-corrected chi connectivity index (χ1v) is 11.1. The van der Waals surface area contributed by atoms with Crippen LogP contribution in [0.4, 0.5) is 0 Å². The Bertz CT molecular complexity index is 185. The normalized spacial score (nSPS) is 13.1. The van der Waals surface area contributed by atoms with E-state index in [0.717, 1.165) is 0 Å². The largest absolute Gasteiger partial charge is 0.452 e. The van der Waals surface area contributed by atoms with Crippen LogP contribution < -0.4 is 0 Å². The molecule has 78 valence electrons. The molecule has 0 radical (unpaired) electrons. The molecule has 13 heavy (non-hydrogen) atoms. The van der Waals surface area contributed by atoms with E-state index in [1.165, 1.54) is 17.7 Å². The quantitative estimate of drug-likeness (QED) is 0.633. The maximum atomic E-state index is 6.31. The molecule has 0 heterocycles. The topological polar surface area (TPSA) is 9.23 Å². The van der Waals surface area contributed by atoms with Gasteiger partial charge in [0.15, 0.2) is 8.32 Å². The Hall–Kier alpha value is 0.134. The third-order valence-electron chi connectivity index (χ3n) is 2.41. The Balaban J connectivity index is 4.33. The molecule has 1 nitrogen and oxygen atoms in total. The highest BCUT2D eigenvalue weighted by molar-refractivity contribution is 6.88. The van der Waals surface area contributed by atoms with Gasteiger partial charge in [-0.1, -0.05) is 18.5 Å². The number of allylic oxidation sites excluding steroid dienone is 1. The van der Waals surface area contributed by atoms with Crippen molar-refractivity contribution in [2.24, 2.45) is 0 Å². The van der Waals surface area contributed by atoms with E-state index in [1.54, 1.807) is 0 Å². The Kier molecular flexibility index (Phi) is 4.62.